The minimum absolute atomic E-state index is 0.154. The van der Waals surface area contributed by atoms with Crippen LogP contribution in [0, 0.1) is 0 Å². The van der Waals surface area contributed by atoms with Crippen LogP contribution in [0.2, 0.25) is 0 Å². The molecule has 0 radical (unpaired) electrons. The molecule has 0 saturated carbocycles. The maximum Gasteiger partial charge on any atom is 0.123 e. The van der Waals surface area contributed by atoms with Gasteiger partial charge in [-0.3, -0.25) is 0 Å². The monoisotopic (exact) mass is 236 g/mol. The number of nitrogen functional groups attached to an aromatic ring is 1. The molecule has 1 aliphatic rings. The first-order valence-electron chi connectivity index (χ1n) is 6.15. The van der Waals surface area contributed by atoms with E-state index in [9.17, 15) is 5.11 Å². The molecule has 1 aromatic rings. The van der Waals surface area contributed by atoms with Crippen LogP contribution < -0.4 is 15.4 Å². The van der Waals surface area contributed by atoms with E-state index >= 15 is 0 Å². The average molecular weight is 236 g/mol. The van der Waals surface area contributed by atoms with Gasteiger partial charge in [0.1, 0.15) is 5.75 Å². The van der Waals surface area contributed by atoms with Crippen LogP contribution in [0.4, 0.5) is 11.4 Å². The molecule has 0 atom stereocenters. The highest BCUT2D eigenvalue weighted by molar-refractivity contribution is 5.60. The number of anilines is 2. The minimum atomic E-state index is -0.154. The van der Waals surface area contributed by atoms with Gasteiger partial charge < -0.3 is 20.5 Å². The van der Waals surface area contributed by atoms with E-state index in [2.05, 4.69) is 4.90 Å². The fourth-order valence-corrected chi connectivity index (χ4v) is 2.16. The van der Waals surface area contributed by atoms with Gasteiger partial charge in [0.25, 0.3) is 0 Å². The van der Waals surface area contributed by atoms with E-state index < -0.39 is 0 Å². The Bertz CT molecular complexity index is 374. The molecule has 0 aromatic heterocycles. The molecule has 1 heterocycles. The molecule has 0 bridgehead atoms. The molecule has 1 aromatic carbocycles. The molecule has 4 heteroatoms. The average Bonchev–Trinajstić information content (AvgIpc) is 2.29. The topological polar surface area (TPSA) is 58.7 Å². The molecule has 0 unspecified atom stereocenters. The summed E-state index contributed by atoms with van der Waals surface area (Å²) in [5.74, 6) is 0.814. The summed E-state index contributed by atoms with van der Waals surface area (Å²) < 4.78 is 5.48. The van der Waals surface area contributed by atoms with Crippen LogP contribution in [-0.4, -0.2) is 30.9 Å². The smallest absolute Gasteiger partial charge is 0.123 e. The third-order valence-electron chi connectivity index (χ3n) is 3.05. The number of ether oxygens (including phenoxy) is 1. The molecule has 0 spiro atoms. The second-order valence-corrected chi connectivity index (χ2v) is 4.41. The van der Waals surface area contributed by atoms with Crippen LogP contribution >= 0.6 is 0 Å². The van der Waals surface area contributed by atoms with Crippen LogP contribution in [0.1, 0.15) is 19.8 Å². The molecular weight excluding hydrogens is 216 g/mol. The van der Waals surface area contributed by atoms with Gasteiger partial charge in [-0.25, -0.2) is 0 Å². The van der Waals surface area contributed by atoms with Crippen LogP contribution in [-0.2, 0) is 0 Å². The summed E-state index contributed by atoms with van der Waals surface area (Å²) in [5.41, 5.74) is 7.67. The fraction of sp³-hybridized carbons (Fsp3) is 0.538. The molecule has 2 rings (SSSR count). The second kappa shape index (κ2) is 5.27. The van der Waals surface area contributed by atoms with Crippen molar-refractivity contribution in [2.75, 3.05) is 30.3 Å². The normalized spacial score (nSPS) is 17.2. The maximum atomic E-state index is 9.49. The Morgan fingerprint density at radius 2 is 2.06 bits per heavy atom. The molecule has 4 nitrogen and oxygen atoms in total. The van der Waals surface area contributed by atoms with Crippen LogP contribution in [0.25, 0.3) is 0 Å². The second-order valence-electron chi connectivity index (χ2n) is 4.41. The Hall–Kier alpha value is -1.42. The molecule has 94 valence electrons. The van der Waals surface area contributed by atoms with E-state index in [0.717, 1.165) is 43.1 Å². The molecular formula is C13H20N2O2. The standard InChI is InChI=1S/C13H20N2O2/c1-2-17-13-8-10(14)7-11(9-13)15-5-3-12(16)4-6-15/h7-9,12,16H,2-6,14H2,1H3. The summed E-state index contributed by atoms with van der Waals surface area (Å²) in [7, 11) is 0. The maximum absolute atomic E-state index is 9.49. The molecule has 1 saturated heterocycles. The van der Waals surface area contributed by atoms with Crippen molar-refractivity contribution in [1.82, 2.24) is 0 Å². The highest BCUT2D eigenvalue weighted by Gasteiger charge is 2.17. The molecule has 0 amide bonds. The summed E-state index contributed by atoms with van der Waals surface area (Å²) in [6.07, 6.45) is 1.48. The van der Waals surface area contributed by atoms with Crippen molar-refractivity contribution in [3.05, 3.63) is 18.2 Å². The van der Waals surface area contributed by atoms with E-state index in [1.165, 1.54) is 0 Å². The number of piperidine rings is 1. The van der Waals surface area contributed by atoms with Crippen molar-refractivity contribution < 1.29 is 9.84 Å². The summed E-state index contributed by atoms with van der Waals surface area (Å²) >= 11 is 0. The molecule has 1 fully saturated rings. The van der Waals surface area contributed by atoms with Crippen molar-refractivity contribution in [2.45, 2.75) is 25.9 Å². The number of nitrogens with two attached hydrogens (primary N) is 1. The zero-order valence-electron chi connectivity index (χ0n) is 10.2. The summed E-state index contributed by atoms with van der Waals surface area (Å²) in [6.45, 7) is 4.34. The Balaban J connectivity index is 2.14. The van der Waals surface area contributed by atoms with Gasteiger partial charge in [-0.1, -0.05) is 0 Å². The van der Waals surface area contributed by atoms with Crippen molar-refractivity contribution in [2.24, 2.45) is 0 Å². The van der Waals surface area contributed by atoms with Gasteiger partial charge in [0.15, 0.2) is 0 Å². The van der Waals surface area contributed by atoms with Crippen LogP contribution in [0.15, 0.2) is 18.2 Å². The van der Waals surface area contributed by atoms with Crippen molar-refractivity contribution >= 4 is 11.4 Å². The van der Waals surface area contributed by atoms with Gasteiger partial charge >= 0.3 is 0 Å². The van der Waals surface area contributed by atoms with Crippen LogP contribution in [0.5, 0.6) is 5.75 Å². The summed E-state index contributed by atoms with van der Waals surface area (Å²) in [4.78, 5) is 2.24. The number of aliphatic hydroxyl groups excluding tert-OH is 1. The largest absolute Gasteiger partial charge is 0.494 e. The van der Waals surface area contributed by atoms with Crippen molar-refractivity contribution in [3.8, 4) is 5.75 Å². The fourth-order valence-electron chi connectivity index (χ4n) is 2.16. The van der Waals surface area contributed by atoms with E-state index in [1.54, 1.807) is 0 Å². The van der Waals surface area contributed by atoms with Gasteiger partial charge in [0.05, 0.1) is 12.7 Å². The van der Waals surface area contributed by atoms with Gasteiger partial charge in [-0.15, -0.1) is 0 Å². The quantitative estimate of drug-likeness (QED) is 0.783. The summed E-state index contributed by atoms with van der Waals surface area (Å²) in [5, 5.41) is 9.49. The van der Waals surface area contributed by atoms with Gasteiger partial charge in [-0.05, 0) is 25.8 Å². The first-order chi connectivity index (χ1) is 8.19. The van der Waals surface area contributed by atoms with Crippen molar-refractivity contribution in [1.29, 1.82) is 0 Å². The highest BCUT2D eigenvalue weighted by Crippen LogP contribution is 2.27. The minimum Gasteiger partial charge on any atom is -0.494 e. The SMILES string of the molecule is CCOc1cc(N)cc(N2CCC(O)CC2)c1. The van der Waals surface area contributed by atoms with Gasteiger partial charge in [-0.2, -0.15) is 0 Å². The number of nitrogens with zero attached hydrogens (tertiary/aromatic N) is 1. The number of hydrogen-bond acceptors (Lipinski definition) is 4. The van der Waals surface area contributed by atoms with Gasteiger partial charge in [0, 0.05) is 36.6 Å². The lowest BCUT2D eigenvalue weighted by Gasteiger charge is -2.31. The van der Waals surface area contributed by atoms with E-state index in [0.29, 0.717) is 6.61 Å². The first-order valence-corrected chi connectivity index (χ1v) is 6.15. The highest BCUT2D eigenvalue weighted by atomic mass is 16.5. The van der Waals surface area contributed by atoms with Crippen LogP contribution in [0.3, 0.4) is 0 Å². The number of rotatable bonds is 3. The van der Waals surface area contributed by atoms with E-state index in [1.807, 2.05) is 25.1 Å². The predicted octanol–water partition coefficient (Wildman–Crippen LogP) is 1.63. The number of hydrogen-bond donors (Lipinski definition) is 2. The lowest BCUT2D eigenvalue weighted by molar-refractivity contribution is 0.145. The zero-order valence-corrected chi connectivity index (χ0v) is 10.2. The lowest BCUT2D eigenvalue weighted by atomic mass is 10.1. The van der Waals surface area contributed by atoms with E-state index in [4.69, 9.17) is 10.5 Å². The Kier molecular flexibility index (Phi) is 3.74. The third kappa shape index (κ3) is 3.03. The molecule has 17 heavy (non-hydrogen) atoms. The Morgan fingerprint density at radius 3 is 2.71 bits per heavy atom. The molecule has 0 aliphatic carbocycles. The lowest BCUT2D eigenvalue weighted by Crippen LogP contribution is -2.35. The zero-order chi connectivity index (χ0) is 12.3. The predicted molar refractivity (Wildman–Crippen MR) is 69.5 cm³/mol. The number of benzene rings is 1. The summed E-state index contributed by atoms with van der Waals surface area (Å²) in [6, 6.07) is 5.81. The first kappa shape index (κ1) is 12.0. The molecule has 3 N–H and O–H groups in total. The van der Waals surface area contributed by atoms with E-state index in [-0.39, 0.29) is 6.10 Å². The molecule has 1 aliphatic heterocycles. The Labute approximate surface area is 102 Å². The van der Waals surface area contributed by atoms with Crippen molar-refractivity contribution in [3.63, 3.8) is 0 Å². The number of aliphatic hydroxyl groups is 1. The Morgan fingerprint density at radius 1 is 1.35 bits per heavy atom. The van der Waals surface area contributed by atoms with Gasteiger partial charge in [0.2, 0.25) is 0 Å². The third-order valence-corrected chi connectivity index (χ3v) is 3.05.